The van der Waals surface area contributed by atoms with Gasteiger partial charge < -0.3 is 9.63 Å². The van der Waals surface area contributed by atoms with E-state index in [9.17, 15) is 9.59 Å². The van der Waals surface area contributed by atoms with Crippen LogP contribution in [-0.4, -0.2) is 16.2 Å². The van der Waals surface area contributed by atoms with Gasteiger partial charge in [0.1, 0.15) is 0 Å². The quantitative estimate of drug-likeness (QED) is 0.695. The van der Waals surface area contributed by atoms with Crippen molar-refractivity contribution in [1.82, 2.24) is 5.16 Å². The number of unbranched alkanes of at least 4 members (excludes halogenated alkanes) is 1. The first-order valence-corrected chi connectivity index (χ1v) is 4.50. The molecule has 0 amide bonds. The van der Waals surface area contributed by atoms with E-state index in [1.54, 1.807) is 6.92 Å². The van der Waals surface area contributed by atoms with Gasteiger partial charge in [-0.25, -0.2) is 9.95 Å². The van der Waals surface area contributed by atoms with Crippen LogP contribution in [0.5, 0.6) is 0 Å². The molecule has 2 N–H and O–H groups in total. The van der Waals surface area contributed by atoms with Gasteiger partial charge in [0.15, 0.2) is 0 Å². The Morgan fingerprint density at radius 3 is 2.71 bits per heavy atom. The molecule has 0 aliphatic rings. The fourth-order valence-electron chi connectivity index (χ4n) is 1.27. The number of aliphatic carboxylic acids is 1. The molecule has 78 valence electrons. The minimum Gasteiger partial charge on any atom is -0.481 e. The third-order valence-corrected chi connectivity index (χ3v) is 2.06. The highest BCUT2D eigenvalue weighted by Gasteiger charge is 2.07. The standard InChI is InChI=1S/C9H13NO4/c1-6-7(9(13)14-10-6)4-2-3-5-8(11)12/h10H,2-5H2,1H3,(H,11,12). The van der Waals surface area contributed by atoms with Crippen molar-refractivity contribution < 1.29 is 14.4 Å². The largest absolute Gasteiger partial charge is 0.481 e. The van der Waals surface area contributed by atoms with Gasteiger partial charge >= 0.3 is 11.6 Å². The molecule has 0 saturated heterocycles. The summed E-state index contributed by atoms with van der Waals surface area (Å²) in [5, 5.41) is 10.9. The Morgan fingerprint density at radius 2 is 2.21 bits per heavy atom. The molecule has 0 aromatic carbocycles. The second-order valence-electron chi connectivity index (χ2n) is 3.20. The summed E-state index contributed by atoms with van der Waals surface area (Å²) in [5.41, 5.74) is 0.999. The number of aryl methyl sites for hydroxylation is 1. The summed E-state index contributed by atoms with van der Waals surface area (Å²) in [7, 11) is 0. The summed E-state index contributed by atoms with van der Waals surface area (Å²) in [6.07, 6.45) is 1.99. The first kappa shape index (κ1) is 10.6. The first-order valence-electron chi connectivity index (χ1n) is 4.50. The van der Waals surface area contributed by atoms with Crippen LogP contribution in [0.3, 0.4) is 0 Å². The van der Waals surface area contributed by atoms with Crippen LogP contribution >= 0.6 is 0 Å². The van der Waals surface area contributed by atoms with Crippen molar-refractivity contribution in [2.24, 2.45) is 0 Å². The highest BCUT2D eigenvalue weighted by atomic mass is 16.5. The van der Waals surface area contributed by atoms with Crippen LogP contribution in [-0.2, 0) is 11.2 Å². The Hall–Kier alpha value is -1.52. The molecule has 0 saturated carbocycles. The van der Waals surface area contributed by atoms with Gasteiger partial charge in [-0.3, -0.25) is 4.79 Å². The summed E-state index contributed by atoms with van der Waals surface area (Å²) in [6, 6.07) is 0. The number of carbonyl (C=O) groups is 1. The average Bonchev–Trinajstić information content (AvgIpc) is 2.42. The maximum atomic E-state index is 11.1. The van der Waals surface area contributed by atoms with Crippen molar-refractivity contribution in [3.63, 3.8) is 0 Å². The molecule has 14 heavy (non-hydrogen) atoms. The van der Waals surface area contributed by atoms with E-state index in [0.29, 0.717) is 24.8 Å². The third kappa shape index (κ3) is 2.76. The van der Waals surface area contributed by atoms with Crippen LogP contribution in [0, 0.1) is 6.92 Å². The van der Waals surface area contributed by atoms with E-state index in [0.717, 1.165) is 5.69 Å². The van der Waals surface area contributed by atoms with Gasteiger partial charge in [0, 0.05) is 6.42 Å². The van der Waals surface area contributed by atoms with E-state index >= 15 is 0 Å². The van der Waals surface area contributed by atoms with Gasteiger partial charge in [-0.2, -0.15) is 0 Å². The maximum Gasteiger partial charge on any atom is 0.360 e. The molecule has 0 atom stereocenters. The second-order valence-corrected chi connectivity index (χ2v) is 3.20. The van der Waals surface area contributed by atoms with Gasteiger partial charge in [-0.1, -0.05) is 0 Å². The lowest BCUT2D eigenvalue weighted by Crippen LogP contribution is -2.03. The molecule has 0 unspecified atom stereocenters. The Balaban J connectivity index is 2.38. The zero-order valence-corrected chi connectivity index (χ0v) is 8.00. The van der Waals surface area contributed by atoms with E-state index in [1.807, 2.05) is 0 Å². The molecule has 1 rings (SSSR count). The minimum absolute atomic E-state index is 0.148. The van der Waals surface area contributed by atoms with Crippen molar-refractivity contribution >= 4 is 5.97 Å². The average molecular weight is 199 g/mol. The van der Waals surface area contributed by atoms with Crippen LogP contribution in [0.2, 0.25) is 0 Å². The summed E-state index contributed by atoms with van der Waals surface area (Å²) in [6.45, 7) is 1.76. The Kier molecular flexibility index (Phi) is 3.50. The topological polar surface area (TPSA) is 83.3 Å². The summed E-state index contributed by atoms with van der Waals surface area (Å²) >= 11 is 0. The van der Waals surface area contributed by atoms with Gasteiger partial charge in [-0.15, -0.1) is 0 Å². The van der Waals surface area contributed by atoms with Gasteiger partial charge in [-0.05, 0) is 26.2 Å². The van der Waals surface area contributed by atoms with E-state index in [1.165, 1.54) is 0 Å². The molecule has 0 bridgehead atoms. The lowest BCUT2D eigenvalue weighted by atomic mass is 10.1. The highest BCUT2D eigenvalue weighted by molar-refractivity contribution is 5.66. The van der Waals surface area contributed by atoms with Gasteiger partial charge in [0.25, 0.3) is 0 Å². The number of carboxylic acid groups (broad SMARTS) is 1. The SMILES string of the molecule is Cc1[nH]oc(=O)c1CCCCC(=O)O. The molecule has 5 nitrogen and oxygen atoms in total. The Morgan fingerprint density at radius 1 is 1.50 bits per heavy atom. The van der Waals surface area contributed by atoms with E-state index in [-0.39, 0.29) is 12.0 Å². The number of aromatic nitrogens is 1. The van der Waals surface area contributed by atoms with Crippen molar-refractivity contribution in [1.29, 1.82) is 0 Å². The monoisotopic (exact) mass is 199 g/mol. The molecule has 1 aromatic rings. The molecule has 0 spiro atoms. The number of hydrogen-bond acceptors (Lipinski definition) is 3. The lowest BCUT2D eigenvalue weighted by molar-refractivity contribution is -0.137. The van der Waals surface area contributed by atoms with E-state index in [4.69, 9.17) is 5.11 Å². The Labute approximate surface area is 80.7 Å². The number of hydrogen-bond donors (Lipinski definition) is 2. The predicted octanol–water partition coefficient (Wildman–Crippen LogP) is 1.07. The van der Waals surface area contributed by atoms with E-state index in [2.05, 4.69) is 9.68 Å². The van der Waals surface area contributed by atoms with Crippen molar-refractivity contribution in [3.8, 4) is 0 Å². The van der Waals surface area contributed by atoms with Crippen molar-refractivity contribution in [3.05, 3.63) is 21.7 Å². The molecular weight excluding hydrogens is 186 g/mol. The molecule has 0 fully saturated rings. The molecule has 5 heteroatoms. The van der Waals surface area contributed by atoms with Crippen LogP contribution in [0.1, 0.15) is 30.5 Å². The number of rotatable bonds is 5. The number of carboxylic acids is 1. The van der Waals surface area contributed by atoms with Crippen LogP contribution in [0.4, 0.5) is 0 Å². The van der Waals surface area contributed by atoms with Crippen molar-refractivity contribution in [2.75, 3.05) is 0 Å². The molecule has 0 aliphatic heterocycles. The second kappa shape index (κ2) is 4.64. The maximum absolute atomic E-state index is 11.1. The number of nitrogens with one attached hydrogen (secondary N) is 1. The van der Waals surface area contributed by atoms with Crippen LogP contribution < -0.4 is 5.63 Å². The third-order valence-electron chi connectivity index (χ3n) is 2.06. The summed E-state index contributed by atoms with van der Waals surface area (Å²) < 4.78 is 4.58. The van der Waals surface area contributed by atoms with Gasteiger partial charge in [0.05, 0.1) is 11.3 Å². The minimum atomic E-state index is -0.803. The van der Waals surface area contributed by atoms with Gasteiger partial charge in [0.2, 0.25) is 0 Å². The van der Waals surface area contributed by atoms with E-state index < -0.39 is 5.97 Å². The molecule has 0 aliphatic carbocycles. The number of aromatic amines is 1. The van der Waals surface area contributed by atoms with Crippen LogP contribution in [0.15, 0.2) is 9.32 Å². The summed E-state index contributed by atoms with van der Waals surface area (Å²) in [4.78, 5) is 21.3. The fourth-order valence-corrected chi connectivity index (χ4v) is 1.27. The number of H-pyrrole nitrogens is 1. The molecule has 0 radical (unpaired) electrons. The summed E-state index contributed by atoms with van der Waals surface area (Å²) in [5.74, 6) is -0.803. The zero-order valence-electron chi connectivity index (χ0n) is 8.00. The smallest absolute Gasteiger partial charge is 0.360 e. The molecule has 1 heterocycles. The molecular formula is C9H13NO4. The molecule has 1 aromatic heterocycles. The van der Waals surface area contributed by atoms with Crippen molar-refractivity contribution in [2.45, 2.75) is 32.6 Å². The predicted molar refractivity (Wildman–Crippen MR) is 49.3 cm³/mol. The van der Waals surface area contributed by atoms with Crippen LogP contribution in [0.25, 0.3) is 0 Å². The highest BCUT2D eigenvalue weighted by Crippen LogP contribution is 2.05. The Bertz CT molecular complexity index is 363. The first-order chi connectivity index (χ1) is 6.61. The fraction of sp³-hybridized carbons (Fsp3) is 0.556. The normalized spacial score (nSPS) is 10.4. The lowest BCUT2D eigenvalue weighted by Gasteiger charge is -1.95. The zero-order chi connectivity index (χ0) is 10.6.